The Hall–Kier alpha value is -1.06. The highest BCUT2D eigenvalue weighted by Gasteiger charge is 2.55. The predicted molar refractivity (Wildman–Crippen MR) is 64.5 cm³/mol. The molecule has 2 N–H and O–H groups in total. The number of nitrogens with two attached hydrogens (primary N) is 1. The summed E-state index contributed by atoms with van der Waals surface area (Å²) in [5.74, 6) is 0.324. The number of ether oxygens (including phenoxy) is 1. The number of hydrogen-bond donors (Lipinski definition) is 1. The Morgan fingerprint density at radius 3 is 2.50 bits per heavy atom. The molecule has 0 heterocycles. The third kappa shape index (κ3) is 2.20. The van der Waals surface area contributed by atoms with Gasteiger partial charge in [0.25, 0.3) is 0 Å². The van der Waals surface area contributed by atoms with Crippen LogP contribution < -0.4 is 5.73 Å². The Morgan fingerprint density at radius 1 is 1.38 bits per heavy atom. The summed E-state index contributed by atoms with van der Waals surface area (Å²) in [6.45, 7) is 0.541. The second-order valence-electron chi connectivity index (χ2n) is 3.88. The molecule has 0 saturated heterocycles. The van der Waals surface area contributed by atoms with Gasteiger partial charge < -0.3 is 10.5 Å². The number of hydrogen-bond acceptors (Lipinski definition) is 3. The van der Waals surface area contributed by atoms with E-state index in [0.29, 0.717) is 6.54 Å². The Morgan fingerprint density at radius 2 is 2.00 bits per heavy atom. The predicted octanol–water partition coefficient (Wildman–Crippen LogP) is 1.57. The van der Waals surface area contributed by atoms with Crippen molar-refractivity contribution < 1.29 is 9.53 Å². The SMILES string of the molecule is COC(=O)C1C(CN)C1c1ccccc1.Cl. The normalized spacial score (nSPS) is 26.8. The molecule has 1 aromatic rings. The van der Waals surface area contributed by atoms with Crippen LogP contribution in [-0.2, 0) is 9.53 Å². The highest BCUT2D eigenvalue weighted by atomic mass is 35.5. The number of carbonyl (C=O) groups is 1. The van der Waals surface area contributed by atoms with Gasteiger partial charge in [0.2, 0.25) is 0 Å². The van der Waals surface area contributed by atoms with E-state index in [9.17, 15) is 4.79 Å². The van der Waals surface area contributed by atoms with Crippen LogP contribution in [0.4, 0.5) is 0 Å². The fourth-order valence-electron chi connectivity index (χ4n) is 2.25. The van der Waals surface area contributed by atoms with E-state index in [4.69, 9.17) is 10.5 Å². The molecular weight excluding hydrogens is 226 g/mol. The zero-order valence-corrected chi connectivity index (χ0v) is 9.94. The van der Waals surface area contributed by atoms with Gasteiger partial charge in [-0.15, -0.1) is 12.4 Å². The molecule has 1 aliphatic rings. The van der Waals surface area contributed by atoms with E-state index >= 15 is 0 Å². The summed E-state index contributed by atoms with van der Waals surface area (Å²) in [7, 11) is 1.43. The minimum Gasteiger partial charge on any atom is -0.469 e. The standard InChI is InChI=1S/C12H15NO2.ClH/c1-15-12(14)11-9(7-13)10(11)8-5-3-2-4-6-8;/h2-6,9-11H,7,13H2,1H3;1H. The van der Waals surface area contributed by atoms with Crippen molar-refractivity contribution in [2.45, 2.75) is 5.92 Å². The number of esters is 1. The number of methoxy groups -OCH3 is 1. The topological polar surface area (TPSA) is 52.3 Å². The molecule has 0 amide bonds. The molecule has 0 aliphatic heterocycles. The lowest BCUT2D eigenvalue weighted by molar-refractivity contribution is -0.142. The first-order valence-corrected chi connectivity index (χ1v) is 5.12. The number of rotatable bonds is 3. The van der Waals surface area contributed by atoms with Crippen molar-refractivity contribution in [1.29, 1.82) is 0 Å². The molecule has 1 aliphatic carbocycles. The van der Waals surface area contributed by atoms with Crippen molar-refractivity contribution in [2.75, 3.05) is 13.7 Å². The highest BCUT2D eigenvalue weighted by Crippen LogP contribution is 2.53. The molecule has 16 heavy (non-hydrogen) atoms. The maximum atomic E-state index is 11.4. The lowest BCUT2D eigenvalue weighted by Gasteiger charge is -1.98. The quantitative estimate of drug-likeness (QED) is 0.818. The summed E-state index contributed by atoms with van der Waals surface area (Å²) < 4.78 is 4.76. The second-order valence-corrected chi connectivity index (χ2v) is 3.88. The van der Waals surface area contributed by atoms with Crippen LogP contribution in [0.25, 0.3) is 0 Å². The highest BCUT2D eigenvalue weighted by molar-refractivity contribution is 5.85. The molecule has 88 valence electrons. The van der Waals surface area contributed by atoms with Crippen molar-refractivity contribution in [2.24, 2.45) is 17.6 Å². The van der Waals surface area contributed by atoms with E-state index in [1.54, 1.807) is 0 Å². The Kier molecular flexibility index (Phi) is 4.33. The van der Waals surface area contributed by atoms with E-state index in [0.717, 1.165) is 0 Å². The summed E-state index contributed by atoms with van der Waals surface area (Å²) in [5, 5.41) is 0. The Balaban J connectivity index is 0.00000128. The summed E-state index contributed by atoms with van der Waals surface area (Å²) >= 11 is 0. The largest absolute Gasteiger partial charge is 0.469 e. The van der Waals surface area contributed by atoms with E-state index in [1.165, 1.54) is 12.7 Å². The third-order valence-corrected chi connectivity index (χ3v) is 3.10. The summed E-state index contributed by atoms with van der Waals surface area (Å²) in [5.41, 5.74) is 6.82. The average molecular weight is 242 g/mol. The molecule has 3 unspecified atom stereocenters. The van der Waals surface area contributed by atoms with E-state index in [2.05, 4.69) is 0 Å². The van der Waals surface area contributed by atoms with Crippen LogP contribution in [0.15, 0.2) is 30.3 Å². The fourth-order valence-corrected chi connectivity index (χ4v) is 2.25. The van der Waals surface area contributed by atoms with Gasteiger partial charge in [0.05, 0.1) is 13.0 Å². The van der Waals surface area contributed by atoms with Gasteiger partial charge in [0, 0.05) is 5.92 Å². The number of halogens is 1. The van der Waals surface area contributed by atoms with Gasteiger partial charge in [-0.05, 0) is 18.0 Å². The summed E-state index contributed by atoms with van der Waals surface area (Å²) in [6, 6.07) is 10.0. The molecule has 3 nitrogen and oxygen atoms in total. The van der Waals surface area contributed by atoms with E-state index in [1.807, 2.05) is 30.3 Å². The van der Waals surface area contributed by atoms with Crippen LogP contribution in [-0.4, -0.2) is 19.6 Å². The lowest BCUT2D eigenvalue weighted by Crippen LogP contribution is -2.09. The molecular formula is C12H16ClNO2. The molecule has 1 saturated carbocycles. The Labute approximate surface area is 101 Å². The molecule has 4 heteroatoms. The first-order chi connectivity index (χ1) is 7.29. The maximum Gasteiger partial charge on any atom is 0.309 e. The molecule has 0 bridgehead atoms. The fraction of sp³-hybridized carbons (Fsp3) is 0.417. The van der Waals surface area contributed by atoms with Gasteiger partial charge in [0.1, 0.15) is 0 Å². The average Bonchev–Trinajstić information content (AvgIpc) is 3.03. The van der Waals surface area contributed by atoms with E-state index in [-0.39, 0.29) is 36.1 Å². The van der Waals surface area contributed by atoms with Gasteiger partial charge >= 0.3 is 5.97 Å². The molecule has 0 spiro atoms. The number of benzene rings is 1. The molecule has 1 fully saturated rings. The van der Waals surface area contributed by atoms with Crippen molar-refractivity contribution >= 4 is 18.4 Å². The van der Waals surface area contributed by atoms with Crippen molar-refractivity contribution in [3.05, 3.63) is 35.9 Å². The van der Waals surface area contributed by atoms with Crippen LogP contribution in [0.5, 0.6) is 0 Å². The van der Waals surface area contributed by atoms with E-state index < -0.39 is 0 Å². The molecule has 1 aromatic carbocycles. The molecule has 0 radical (unpaired) electrons. The van der Waals surface area contributed by atoms with Gasteiger partial charge in [-0.1, -0.05) is 30.3 Å². The van der Waals surface area contributed by atoms with Crippen LogP contribution in [0, 0.1) is 11.8 Å². The van der Waals surface area contributed by atoms with Gasteiger partial charge in [-0.3, -0.25) is 4.79 Å². The van der Waals surface area contributed by atoms with Gasteiger partial charge in [-0.2, -0.15) is 0 Å². The van der Waals surface area contributed by atoms with Crippen molar-refractivity contribution in [1.82, 2.24) is 0 Å². The Bertz CT molecular complexity index is 355. The zero-order chi connectivity index (χ0) is 10.8. The zero-order valence-electron chi connectivity index (χ0n) is 9.13. The monoisotopic (exact) mass is 241 g/mol. The third-order valence-electron chi connectivity index (χ3n) is 3.10. The molecule has 0 aromatic heterocycles. The van der Waals surface area contributed by atoms with Gasteiger partial charge in [0.15, 0.2) is 0 Å². The molecule has 2 rings (SSSR count). The van der Waals surface area contributed by atoms with Crippen LogP contribution in [0.1, 0.15) is 11.5 Å². The van der Waals surface area contributed by atoms with Crippen molar-refractivity contribution in [3.63, 3.8) is 0 Å². The molecule has 3 atom stereocenters. The minimum atomic E-state index is -0.140. The minimum absolute atomic E-state index is 0. The van der Waals surface area contributed by atoms with Crippen LogP contribution in [0.3, 0.4) is 0 Å². The first kappa shape index (κ1) is 13.0. The smallest absolute Gasteiger partial charge is 0.309 e. The van der Waals surface area contributed by atoms with Crippen molar-refractivity contribution in [3.8, 4) is 0 Å². The van der Waals surface area contributed by atoms with Gasteiger partial charge in [-0.25, -0.2) is 0 Å². The van der Waals surface area contributed by atoms with Crippen LogP contribution in [0.2, 0.25) is 0 Å². The van der Waals surface area contributed by atoms with Crippen LogP contribution >= 0.6 is 12.4 Å². The second kappa shape index (κ2) is 5.32. The maximum absolute atomic E-state index is 11.4. The first-order valence-electron chi connectivity index (χ1n) is 5.12. The lowest BCUT2D eigenvalue weighted by atomic mass is 10.1. The summed E-state index contributed by atoms with van der Waals surface area (Å²) in [4.78, 5) is 11.4. The number of carbonyl (C=O) groups excluding carboxylic acids is 1. The summed E-state index contributed by atoms with van der Waals surface area (Å²) in [6.07, 6.45) is 0.